The zero-order valence-corrected chi connectivity index (χ0v) is 8.91. The van der Waals surface area contributed by atoms with Gasteiger partial charge in [0.2, 0.25) is 0 Å². The van der Waals surface area contributed by atoms with E-state index in [0.717, 1.165) is 12.8 Å². The monoisotopic (exact) mass is 200 g/mol. The Morgan fingerprint density at radius 2 is 1.00 bits per heavy atom. The fraction of sp³-hybridized carbons (Fsp3) is 1.00. The summed E-state index contributed by atoms with van der Waals surface area (Å²) in [7, 11) is 0. The standard InChI is InChI=1S/C4H10O2.Ca.2ClH/c5-3-1-2-4-6;;;/h5-6H,1-4H2;;2*1H/q;+2;;/p-2. The summed E-state index contributed by atoms with van der Waals surface area (Å²) in [5, 5.41) is 16.2. The van der Waals surface area contributed by atoms with Crippen molar-refractivity contribution >= 4 is 37.7 Å². The molecular formula is C4H10CaCl2O2. The summed E-state index contributed by atoms with van der Waals surface area (Å²) in [5.41, 5.74) is 0. The van der Waals surface area contributed by atoms with E-state index >= 15 is 0 Å². The molecule has 0 aromatic rings. The van der Waals surface area contributed by atoms with Gasteiger partial charge < -0.3 is 35.0 Å². The van der Waals surface area contributed by atoms with Crippen LogP contribution in [0.1, 0.15) is 12.8 Å². The smallest absolute Gasteiger partial charge is 1.00 e. The van der Waals surface area contributed by atoms with Gasteiger partial charge in [0.05, 0.1) is 0 Å². The number of halogens is 2. The van der Waals surface area contributed by atoms with Gasteiger partial charge in [0.25, 0.3) is 0 Å². The van der Waals surface area contributed by atoms with Gasteiger partial charge in [0, 0.05) is 13.2 Å². The topological polar surface area (TPSA) is 40.5 Å². The summed E-state index contributed by atoms with van der Waals surface area (Å²) in [5.74, 6) is 0. The molecule has 0 amide bonds. The van der Waals surface area contributed by atoms with Crippen LogP contribution in [0.25, 0.3) is 0 Å². The number of aliphatic hydroxyl groups excluding tert-OH is 2. The van der Waals surface area contributed by atoms with Crippen LogP contribution in [0.15, 0.2) is 0 Å². The van der Waals surface area contributed by atoms with Crippen LogP contribution in [0.4, 0.5) is 0 Å². The Balaban J connectivity index is -0.0000000417. The van der Waals surface area contributed by atoms with Crippen LogP contribution < -0.4 is 24.8 Å². The summed E-state index contributed by atoms with van der Waals surface area (Å²) in [4.78, 5) is 0. The molecule has 0 atom stereocenters. The maximum absolute atomic E-state index is 8.09. The molecule has 0 fully saturated rings. The van der Waals surface area contributed by atoms with Gasteiger partial charge in [-0.3, -0.25) is 0 Å². The predicted octanol–water partition coefficient (Wildman–Crippen LogP) is -6.62. The third-order valence-electron chi connectivity index (χ3n) is 0.566. The molecule has 0 heterocycles. The SMILES string of the molecule is OCCCCO.[Ca+2].[Cl-].[Cl-]. The van der Waals surface area contributed by atoms with Crippen LogP contribution in [-0.2, 0) is 0 Å². The maximum atomic E-state index is 8.09. The Morgan fingerprint density at radius 1 is 0.778 bits per heavy atom. The van der Waals surface area contributed by atoms with Crippen molar-refractivity contribution in [1.29, 1.82) is 0 Å². The van der Waals surface area contributed by atoms with Crippen molar-refractivity contribution in [3.05, 3.63) is 0 Å². The van der Waals surface area contributed by atoms with Crippen molar-refractivity contribution < 1.29 is 35.0 Å². The molecule has 0 saturated heterocycles. The number of unbranched alkanes of at least 4 members (excludes halogenated alkanes) is 1. The molecule has 54 valence electrons. The third-order valence-corrected chi connectivity index (χ3v) is 0.566. The van der Waals surface area contributed by atoms with Crippen LogP contribution in [0, 0.1) is 0 Å². The zero-order chi connectivity index (χ0) is 4.83. The van der Waals surface area contributed by atoms with Crippen molar-refractivity contribution in [2.24, 2.45) is 0 Å². The molecule has 0 unspecified atom stereocenters. The third kappa shape index (κ3) is 25.9. The van der Waals surface area contributed by atoms with Crippen LogP contribution >= 0.6 is 0 Å². The number of hydrogen-bond acceptors (Lipinski definition) is 2. The molecule has 0 aromatic heterocycles. The van der Waals surface area contributed by atoms with E-state index in [9.17, 15) is 0 Å². The molecule has 0 aliphatic carbocycles. The number of hydrogen-bond donors (Lipinski definition) is 2. The normalized spacial score (nSPS) is 6.00. The Morgan fingerprint density at radius 3 is 1.11 bits per heavy atom. The van der Waals surface area contributed by atoms with Crippen molar-refractivity contribution in [3.8, 4) is 0 Å². The quantitative estimate of drug-likeness (QED) is 0.352. The fourth-order valence-corrected chi connectivity index (χ4v) is 0.224. The molecule has 2 nitrogen and oxygen atoms in total. The molecule has 0 rings (SSSR count). The van der Waals surface area contributed by atoms with Gasteiger partial charge in [0.15, 0.2) is 0 Å². The van der Waals surface area contributed by atoms with Crippen LogP contribution in [-0.4, -0.2) is 61.2 Å². The molecule has 2 N–H and O–H groups in total. The van der Waals surface area contributed by atoms with Crippen molar-refractivity contribution in [2.45, 2.75) is 12.8 Å². The average molecular weight is 201 g/mol. The van der Waals surface area contributed by atoms with Crippen molar-refractivity contribution in [2.75, 3.05) is 13.2 Å². The summed E-state index contributed by atoms with van der Waals surface area (Å²) < 4.78 is 0. The molecule has 0 saturated carbocycles. The molecular weight excluding hydrogens is 191 g/mol. The van der Waals surface area contributed by atoms with Gasteiger partial charge in [0.1, 0.15) is 0 Å². The molecule has 0 bridgehead atoms. The van der Waals surface area contributed by atoms with E-state index in [2.05, 4.69) is 0 Å². The maximum Gasteiger partial charge on any atom is 2.00 e. The van der Waals surface area contributed by atoms with E-state index in [1.165, 1.54) is 0 Å². The molecule has 5 heteroatoms. The van der Waals surface area contributed by atoms with E-state index < -0.39 is 0 Å². The minimum Gasteiger partial charge on any atom is -1.00 e. The molecule has 0 spiro atoms. The van der Waals surface area contributed by atoms with Crippen LogP contribution in [0.2, 0.25) is 0 Å². The Hall–Kier alpha value is 1.76. The second kappa shape index (κ2) is 22.6. The summed E-state index contributed by atoms with van der Waals surface area (Å²) >= 11 is 0. The summed E-state index contributed by atoms with van der Waals surface area (Å²) in [6.07, 6.45) is 1.44. The number of aliphatic hydroxyl groups is 2. The Kier molecular flexibility index (Phi) is 56.3. The first-order valence-electron chi connectivity index (χ1n) is 2.13. The van der Waals surface area contributed by atoms with Gasteiger partial charge in [-0.15, -0.1) is 0 Å². The molecule has 9 heavy (non-hydrogen) atoms. The van der Waals surface area contributed by atoms with Crippen LogP contribution in [0.5, 0.6) is 0 Å². The summed E-state index contributed by atoms with van der Waals surface area (Å²) in [6.45, 7) is 0.390. The van der Waals surface area contributed by atoms with Gasteiger partial charge in [-0.25, -0.2) is 0 Å². The molecule has 0 aromatic carbocycles. The largest absolute Gasteiger partial charge is 2.00 e. The van der Waals surface area contributed by atoms with E-state index in [0.29, 0.717) is 0 Å². The van der Waals surface area contributed by atoms with Gasteiger partial charge in [-0.05, 0) is 12.8 Å². The van der Waals surface area contributed by atoms with Crippen molar-refractivity contribution in [1.82, 2.24) is 0 Å². The van der Waals surface area contributed by atoms with Crippen LogP contribution in [0.3, 0.4) is 0 Å². The summed E-state index contributed by atoms with van der Waals surface area (Å²) in [6, 6.07) is 0. The van der Waals surface area contributed by atoms with E-state index in [-0.39, 0.29) is 75.8 Å². The van der Waals surface area contributed by atoms with Crippen molar-refractivity contribution in [3.63, 3.8) is 0 Å². The first-order valence-corrected chi connectivity index (χ1v) is 2.13. The fourth-order valence-electron chi connectivity index (χ4n) is 0.224. The Bertz CT molecular complexity index is 28.5. The minimum absolute atomic E-state index is 0. The molecule has 0 aliphatic rings. The molecule has 0 aliphatic heterocycles. The average Bonchev–Trinajstić information content (AvgIpc) is 1.61. The van der Waals surface area contributed by atoms with Gasteiger partial charge in [-0.1, -0.05) is 0 Å². The Labute approximate surface area is 97.8 Å². The second-order valence-electron chi connectivity index (χ2n) is 1.15. The first-order chi connectivity index (χ1) is 2.91. The predicted molar refractivity (Wildman–Crippen MR) is 29.2 cm³/mol. The first kappa shape index (κ1) is 22.4. The van der Waals surface area contributed by atoms with E-state index in [1.54, 1.807) is 0 Å². The van der Waals surface area contributed by atoms with Gasteiger partial charge in [-0.2, -0.15) is 0 Å². The van der Waals surface area contributed by atoms with E-state index in [1.807, 2.05) is 0 Å². The van der Waals surface area contributed by atoms with Gasteiger partial charge >= 0.3 is 37.7 Å². The minimum atomic E-state index is 0. The molecule has 0 radical (unpaired) electrons. The number of rotatable bonds is 3. The second-order valence-corrected chi connectivity index (χ2v) is 1.15. The van der Waals surface area contributed by atoms with E-state index in [4.69, 9.17) is 10.2 Å². The zero-order valence-electron chi connectivity index (χ0n) is 5.19.